The predicted molar refractivity (Wildman–Crippen MR) is 125 cm³/mol. The van der Waals surface area contributed by atoms with Gasteiger partial charge < -0.3 is 15.7 Å². The Morgan fingerprint density at radius 2 is 2.00 bits per heavy atom. The van der Waals surface area contributed by atoms with Gasteiger partial charge in [0.25, 0.3) is 5.91 Å². The van der Waals surface area contributed by atoms with Gasteiger partial charge in [-0.15, -0.1) is 0 Å². The van der Waals surface area contributed by atoms with Gasteiger partial charge in [0, 0.05) is 37.4 Å². The van der Waals surface area contributed by atoms with Crippen LogP contribution in [0.5, 0.6) is 0 Å². The highest BCUT2D eigenvalue weighted by Gasteiger charge is 2.18. The number of amides is 1. The van der Waals surface area contributed by atoms with Crippen LogP contribution in [0.1, 0.15) is 46.4 Å². The molecule has 0 aliphatic carbocycles. The predicted octanol–water partition coefficient (Wildman–Crippen LogP) is 3.08. The van der Waals surface area contributed by atoms with Crippen LogP contribution in [-0.2, 0) is 30.6 Å². The van der Waals surface area contributed by atoms with Crippen LogP contribution in [0, 0.1) is 0 Å². The summed E-state index contributed by atoms with van der Waals surface area (Å²) in [7, 11) is 0. The van der Waals surface area contributed by atoms with Crippen molar-refractivity contribution in [3.63, 3.8) is 0 Å². The number of fused-ring (bicyclic) bond motifs is 1. The molecule has 1 unspecified atom stereocenters. The summed E-state index contributed by atoms with van der Waals surface area (Å²) < 4.78 is 1.72. The lowest BCUT2D eigenvalue weighted by Crippen LogP contribution is -2.36. The highest BCUT2D eigenvalue weighted by Crippen LogP contribution is 2.20. The SMILES string of the molecule is O=C(O)CC(CCc1ccccc1)NC(=O)c1cnn(CCc2ccc3c(n2)NCCC3)c1. The third-order valence-corrected chi connectivity index (χ3v) is 5.82. The van der Waals surface area contributed by atoms with E-state index >= 15 is 0 Å². The molecule has 172 valence electrons. The molecule has 2 aromatic heterocycles. The molecular formula is C25H29N5O3. The fourth-order valence-corrected chi connectivity index (χ4v) is 4.03. The number of carboxylic acids is 1. The summed E-state index contributed by atoms with van der Waals surface area (Å²) in [6, 6.07) is 13.6. The van der Waals surface area contributed by atoms with Gasteiger partial charge in [-0.05, 0) is 42.9 Å². The van der Waals surface area contributed by atoms with Crippen molar-refractivity contribution < 1.29 is 14.7 Å². The third kappa shape index (κ3) is 6.41. The number of aliphatic carboxylic acids is 1. The largest absolute Gasteiger partial charge is 0.481 e. The van der Waals surface area contributed by atoms with Gasteiger partial charge in [0.05, 0.1) is 18.2 Å². The van der Waals surface area contributed by atoms with Crippen molar-refractivity contribution in [1.82, 2.24) is 20.1 Å². The quantitative estimate of drug-likeness (QED) is 0.441. The first-order valence-electron chi connectivity index (χ1n) is 11.4. The minimum Gasteiger partial charge on any atom is -0.481 e. The fraction of sp³-hybridized carbons (Fsp3) is 0.360. The normalized spacial score (nSPS) is 13.6. The Morgan fingerprint density at radius 1 is 1.15 bits per heavy atom. The second kappa shape index (κ2) is 10.8. The summed E-state index contributed by atoms with van der Waals surface area (Å²) >= 11 is 0. The molecule has 1 aliphatic heterocycles. The van der Waals surface area contributed by atoms with Crippen LogP contribution in [0.3, 0.4) is 0 Å². The van der Waals surface area contributed by atoms with Gasteiger partial charge in [0.15, 0.2) is 0 Å². The maximum Gasteiger partial charge on any atom is 0.305 e. The van der Waals surface area contributed by atoms with Crippen LogP contribution in [0.4, 0.5) is 5.82 Å². The molecule has 1 aromatic carbocycles. The first-order chi connectivity index (χ1) is 16.1. The molecule has 33 heavy (non-hydrogen) atoms. The number of pyridine rings is 1. The number of hydrogen-bond donors (Lipinski definition) is 3. The standard InChI is InChI=1S/C25H29N5O3/c31-23(32)15-22(10-8-18-5-2-1-3-6-18)29-25(33)20-16-27-30(17-20)14-12-21-11-9-19-7-4-13-26-24(19)28-21/h1-3,5-6,9,11,16-17,22H,4,7-8,10,12-15H2,(H,26,28)(H,29,33)(H,31,32). The summed E-state index contributed by atoms with van der Waals surface area (Å²) in [5.41, 5.74) is 3.77. The number of aryl methyl sites for hydroxylation is 4. The van der Waals surface area contributed by atoms with Crippen LogP contribution in [0.2, 0.25) is 0 Å². The van der Waals surface area contributed by atoms with Crippen molar-refractivity contribution in [2.24, 2.45) is 0 Å². The molecule has 0 saturated heterocycles. The summed E-state index contributed by atoms with van der Waals surface area (Å²) in [4.78, 5) is 28.7. The summed E-state index contributed by atoms with van der Waals surface area (Å²) in [5, 5.41) is 19.7. The average Bonchev–Trinajstić information content (AvgIpc) is 3.31. The number of anilines is 1. The number of hydrogen-bond acceptors (Lipinski definition) is 5. The number of aromatic nitrogens is 3. The molecule has 3 N–H and O–H groups in total. The zero-order chi connectivity index (χ0) is 23.0. The van der Waals surface area contributed by atoms with Gasteiger partial charge in [-0.25, -0.2) is 4.98 Å². The number of carbonyl (C=O) groups excluding carboxylic acids is 1. The van der Waals surface area contributed by atoms with Crippen molar-refractivity contribution in [3.8, 4) is 0 Å². The molecule has 1 atom stereocenters. The lowest BCUT2D eigenvalue weighted by Gasteiger charge is -2.17. The number of benzene rings is 1. The maximum atomic E-state index is 12.7. The van der Waals surface area contributed by atoms with E-state index in [1.165, 1.54) is 11.8 Å². The molecule has 8 nitrogen and oxygen atoms in total. The van der Waals surface area contributed by atoms with E-state index in [0.717, 1.165) is 36.5 Å². The van der Waals surface area contributed by atoms with Gasteiger partial charge in [-0.3, -0.25) is 14.3 Å². The molecule has 0 radical (unpaired) electrons. The van der Waals surface area contributed by atoms with Crippen molar-refractivity contribution in [3.05, 3.63) is 77.2 Å². The Morgan fingerprint density at radius 3 is 2.82 bits per heavy atom. The summed E-state index contributed by atoms with van der Waals surface area (Å²) in [5.74, 6) is -0.271. The van der Waals surface area contributed by atoms with Crippen LogP contribution in [0.25, 0.3) is 0 Å². The van der Waals surface area contributed by atoms with E-state index in [2.05, 4.69) is 21.8 Å². The van der Waals surface area contributed by atoms with E-state index in [1.54, 1.807) is 10.9 Å². The molecule has 3 aromatic rings. The van der Waals surface area contributed by atoms with Crippen LogP contribution in [0.15, 0.2) is 54.9 Å². The Hall–Kier alpha value is -3.68. The minimum atomic E-state index is -0.934. The van der Waals surface area contributed by atoms with Crippen molar-refractivity contribution in [2.45, 2.75) is 51.1 Å². The van der Waals surface area contributed by atoms with E-state index in [-0.39, 0.29) is 12.3 Å². The number of carboxylic acid groups (broad SMARTS) is 1. The van der Waals surface area contributed by atoms with E-state index in [9.17, 15) is 14.7 Å². The van der Waals surface area contributed by atoms with Gasteiger partial charge >= 0.3 is 5.97 Å². The molecular weight excluding hydrogens is 418 g/mol. The number of nitrogens with zero attached hydrogens (tertiary/aromatic N) is 3. The lowest BCUT2D eigenvalue weighted by molar-refractivity contribution is -0.137. The molecule has 3 heterocycles. The zero-order valence-corrected chi connectivity index (χ0v) is 18.5. The van der Waals surface area contributed by atoms with Crippen LogP contribution in [-0.4, -0.2) is 44.3 Å². The topological polar surface area (TPSA) is 109 Å². The van der Waals surface area contributed by atoms with Crippen molar-refractivity contribution >= 4 is 17.7 Å². The first-order valence-corrected chi connectivity index (χ1v) is 11.4. The van der Waals surface area contributed by atoms with E-state index < -0.39 is 12.0 Å². The molecule has 0 fully saturated rings. The Balaban J connectivity index is 1.32. The number of rotatable bonds is 10. The Bertz CT molecular complexity index is 1100. The first kappa shape index (κ1) is 22.5. The second-order valence-electron chi connectivity index (χ2n) is 8.38. The second-order valence-corrected chi connectivity index (χ2v) is 8.38. The smallest absolute Gasteiger partial charge is 0.305 e. The molecule has 8 heteroatoms. The average molecular weight is 448 g/mol. The fourth-order valence-electron chi connectivity index (χ4n) is 4.03. The molecule has 0 bridgehead atoms. The van der Waals surface area contributed by atoms with E-state index in [1.807, 2.05) is 36.4 Å². The number of carbonyl (C=O) groups is 2. The lowest BCUT2D eigenvalue weighted by atomic mass is 10.0. The maximum absolute atomic E-state index is 12.7. The molecule has 1 aliphatic rings. The number of nitrogens with one attached hydrogen (secondary N) is 2. The monoisotopic (exact) mass is 447 g/mol. The Labute approximate surface area is 193 Å². The molecule has 1 amide bonds. The van der Waals surface area contributed by atoms with Crippen LogP contribution < -0.4 is 10.6 Å². The third-order valence-electron chi connectivity index (χ3n) is 5.82. The summed E-state index contributed by atoms with van der Waals surface area (Å²) in [6.07, 6.45) is 7.23. The van der Waals surface area contributed by atoms with Crippen LogP contribution >= 0.6 is 0 Å². The van der Waals surface area contributed by atoms with Crippen molar-refractivity contribution in [1.29, 1.82) is 0 Å². The van der Waals surface area contributed by atoms with E-state index in [4.69, 9.17) is 4.98 Å². The molecule has 0 spiro atoms. The van der Waals surface area contributed by atoms with E-state index in [0.29, 0.717) is 31.4 Å². The molecule has 0 saturated carbocycles. The van der Waals surface area contributed by atoms with Crippen molar-refractivity contribution in [2.75, 3.05) is 11.9 Å². The van der Waals surface area contributed by atoms with Gasteiger partial charge in [0.2, 0.25) is 0 Å². The van der Waals surface area contributed by atoms with Gasteiger partial charge in [0.1, 0.15) is 5.82 Å². The van der Waals surface area contributed by atoms with Gasteiger partial charge in [-0.2, -0.15) is 5.10 Å². The highest BCUT2D eigenvalue weighted by atomic mass is 16.4. The van der Waals surface area contributed by atoms with Gasteiger partial charge in [-0.1, -0.05) is 36.4 Å². The zero-order valence-electron chi connectivity index (χ0n) is 18.5. The minimum absolute atomic E-state index is 0.120. The highest BCUT2D eigenvalue weighted by molar-refractivity contribution is 5.94. The Kier molecular flexibility index (Phi) is 7.34. The summed E-state index contributed by atoms with van der Waals surface area (Å²) in [6.45, 7) is 1.56. The molecule has 4 rings (SSSR count).